The maximum atomic E-state index is 14.5. The van der Waals surface area contributed by atoms with E-state index in [-0.39, 0.29) is 19.3 Å². The van der Waals surface area contributed by atoms with Crippen LogP contribution in [0.25, 0.3) is 32.7 Å². The first-order valence-electron chi connectivity index (χ1n) is 14.6. The number of nitrogens with one attached hydrogen (secondary N) is 1. The van der Waals surface area contributed by atoms with Gasteiger partial charge in [-0.15, -0.1) is 0 Å². The van der Waals surface area contributed by atoms with E-state index in [1.165, 1.54) is 0 Å². The lowest BCUT2D eigenvalue weighted by atomic mass is 10.1. The van der Waals surface area contributed by atoms with Gasteiger partial charge < -0.3 is 24.3 Å². The lowest BCUT2D eigenvalue weighted by Gasteiger charge is -2.27. The minimum absolute atomic E-state index is 0.224. The number of hydrogen-bond donors (Lipinski definition) is 2. The minimum atomic E-state index is -4.18. The number of carbonyl (C=O) groups excluding carboxylic acids is 1. The van der Waals surface area contributed by atoms with Crippen molar-refractivity contribution in [3.8, 4) is 5.75 Å². The Balaban J connectivity index is 1.52. The van der Waals surface area contributed by atoms with Crippen molar-refractivity contribution in [1.29, 1.82) is 0 Å². The highest BCUT2D eigenvalue weighted by Gasteiger charge is 2.35. The van der Waals surface area contributed by atoms with Gasteiger partial charge in [-0.25, -0.2) is 14.5 Å². The van der Waals surface area contributed by atoms with E-state index in [4.69, 9.17) is 29.2 Å². The van der Waals surface area contributed by atoms with Gasteiger partial charge in [-0.3, -0.25) is 9.32 Å². The number of ether oxygens (including phenoxy) is 2. The van der Waals surface area contributed by atoms with Crippen molar-refractivity contribution >= 4 is 52.2 Å². The molecule has 3 N–H and O–H groups in total. The molecule has 0 radical (unpaired) electrons. The van der Waals surface area contributed by atoms with Crippen LogP contribution in [0.15, 0.2) is 66.7 Å². The summed E-state index contributed by atoms with van der Waals surface area (Å²) in [5.41, 5.74) is 8.37. The SMILES string of the molecule is CCOCc1nc2c(N)nc3ccccc3c2n1C[C@H](C)OP(=O)(N[C@@H](C)C(=O)OC(C)C)Oc1cccc2ccccc12. The second kappa shape index (κ2) is 13.3. The van der Waals surface area contributed by atoms with Crippen LogP contribution in [0.2, 0.25) is 0 Å². The lowest BCUT2D eigenvalue weighted by Crippen LogP contribution is -2.37. The first-order chi connectivity index (χ1) is 21.1. The van der Waals surface area contributed by atoms with E-state index in [1.54, 1.807) is 33.8 Å². The first-order valence-corrected chi connectivity index (χ1v) is 16.2. The molecule has 11 nitrogen and oxygen atoms in total. The summed E-state index contributed by atoms with van der Waals surface area (Å²) in [6.45, 7) is 9.68. The number of nitrogen functional groups attached to an aromatic ring is 1. The molecule has 2 heterocycles. The molecule has 0 saturated carbocycles. The molecular weight excluding hydrogens is 581 g/mol. The second-order valence-electron chi connectivity index (χ2n) is 10.8. The molecule has 1 unspecified atom stereocenters. The highest BCUT2D eigenvalue weighted by Crippen LogP contribution is 2.48. The maximum absolute atomic E-state index is 14.5. The number of imidazole rings is 1. The second-order valence-corrected chi connectivity index (χ2v) is 12.5. The van der Waals surface area contributed by atoms with Gasteiger partial charge in [0.05, 0.1) is 29.8 Å². The molecule has 0 saturated heterocycles. The predicted octanol–water partition coefficient (Wildman–Crippen LogP) is 6.38. The van der Waals surface area contributed by atoms with Crippen LogP contribution >= 0.6 is 7.75 Å². The van der Waals surface area contributed by atoms with E-state index in [2.05, 4.69) is 10.1 Å². The molecule has 44 heavy (non-hydrogen) atoms. The fourth-order valence-corrected chi connectivity index (χ4v) is 6.73. The molecule has 0 aliphatic rings. The Morgan fingerprint density at radius 1 is 0.977 bits per heavy atom. The Kier molecular flexibility index (Phi) is 9.51. The number of aromatic nitrogens is 3. The highest BCUT2D eigenvalue weighted by molar-refractivity contribution is 7.52. The summed E-state index contributed by atoms with van der Waals surface area (Å²) in [4.78, 5) is 22.0. The van der Waals surface area contributed by atoms with Gasteiger partial charge in [-0.05, 0) is 52.1 Å². The van der Waals surface area contributed by atoms with Crippen molar-refractivity contribution < 1.29 is 27.9 Å². The standard InChI is InChI=1S/C32H38N5O6P/c1-6-40-19-28-35-29-30(25-15-9-10-16-26(25)34-31(29)33)37(28)18-21(4)42-44(39,36-22(5)32(38)41-20(2)3)43-27-17-11-13-23-12-7-8-14-24(23)27/h7-17,20-22H,6,18-19H2,1-5H3,(H2,33,34)(H,36,39)/t21-,22-,44?/m0/s1. The van der Waals surface area contributed by atoms with Crippen molar-refractivity contribution in [1.82, 2.24) is 19.6 Å². The number of rotatable bonds is 13. The van der Waals surface area contributed by atoms with Crippen LogP contribution in [0.1, 0.15) is 40.4 Å². The number of pyridine rings is 1. The van der Waals surface area contributed by atoms with E-state index in [0.717, 1.165) is 27.2 Å². The third kappa shape index (κ3) is 6.87. The lowest BCUT2D eigenvalue weighted by molar-refractivity contribution is -0.149. The van der Waals surface area contributed by atoms with Crippen LogP contribution in [-0.2, 0) is 36.5 Å². The number of para-hydroxylation sites is 1. The number of carbonyl (C=O) groups is 1. The topological polar surface area (TPSA) is 140 Å². The van der Waals surface area contributed by atoms with Gasteiger partial charge in [0.25, 0.3) is 0 Å². The minimum Gasteiger partial charge on any atom is -0.462 e. The summed E-state index contributed by atoms with van der Waals surface area (Å²) in [5, 5.41) is 5.32. The van der Waals surface area contributed by atoms with Crippen LogP contribution in [0, 0.1) is 0 Å². The number of fused-ring (bicyclic) bond motifs is 4. The summed E-state index contributed by atoms with van der Waals surface area (Å²) in [5.74, 6) is 0.694. The number of nitrogens with two attached hydrogens (primary N) is 1. The summed E-state index contributed by atoms with van der Waals surface area (Å²) in [6, 6.07) is 19.7. The van der Waals surface area contributed by atoms with E-state index < -0.39 is 25.9 Å². The molecule has 0 aliphatic heterocycles. The molecule has 12 heteroatoms. The molecule has 0 aliphatic carbocycles. The quantitative estimate of drug-likeness (QED) is 0.113. The molecule has 5 aromatic rings. The Labute approximate surface area is 256 Å². The highest BCUT2D eigenvalue weighted by atomic mass is 31.2. The van der Waals surface area contributed by atoms with Gasteiger partial charge in [-0.2, -0.15) is 5.09 Å². The molecule has 3 aromatic carbocycles. The Hall–Kier alpha value is -4.02. The van der Waals surface area contributed by atoms with E-state index in [0.29, 0.717) is 29.5 Å². The van der Waals surface area contributed by atoms with Crippen molar-refractivity contribution in [3.63, 3.8) is 0 Å². The zero-order chi connectivity index (χ0) is 31.4. The smallest absolute Gasteiger partial charge is 0.459 e. The van der Waals surface area contributed by atoms with Crippen LogP contribution in [0.5, 0.6) is 5.75 Å². The van der Waals surface area contributed by atoms with Gasteiger partial charge in [0, 0.05) is 17.4 Å². The first kappa shape index (κ1) is 31.4. The van der Waals surface area contributed by atoms with Gasteiger partial charge in [-0.1, -0.05) is 54.6 Å². The molecular formula is C32H38N5O6P. The van der Waals surface area contributed by atoms with Gasteiger partial charge in [0.2, 0.25) is 0 Å². The van der Waals surface area contributed by atoms with Crippen molar-refractivity contribution in [3.05, 3.63) is 72.6 Å². The summed E-state index contributed by atoms with van der Waals surface area (Å²) in [6.07, 6.45) is -1.04. The Morgan fingerprint density at radius 2 is 1.68 bits per heavy atom. The molecule has 0 bridgehead atoms. The van der Waals surface area contributed by atoms with E-state index in [9.17, 15) is 9.36 Å². The molecule has 5 rings (SSSR count). The zero-order valence-corrected chi connectivity index (χ0v) is 26.4. The average Bonchev–Trinajstić information content (AvgIpc) is 3.34. The van der Waals surface area contributed by atoms with Crippen LogP contribution in [0.3, 0.4) is 0 Å². The van der Waals surface area contributed by atoms with Crippen molar-refractivity contribution in [2.75, 3.05) is 12.3 Å². The van der Waals surface area contributed by atoms with Gasteiger partial charge in [0.1, 0.15) is 29.7 Å². The monoisotopic (exact) mass is 619 g/mol. The molecule has 0 amide bonds. The number of anilines is 1. The summed E-state index contributed by atoms with van der Waals surface area (Å²) >= 11 is 0. The average molecular weight is 620 g/mol. The third-order valence-electron chi connectivity index (χ3n) is 6.91. The fraction of sp³-hybridized carbons (Fsp3) is 0.344. The molecule has 0 fully saturated rings. The van der Waals surface area contributed by atoms with Crippen molar-refractivity contribution in [2.45, 2.75) is 66.0 Å². The molecule has 2 aromatic heterocycles. The van der Waals surface area contributed by atoms with E-state index >= 15 is 0 Å². The third-order valence-corrected chi connectivity index (χ3v) is 8.69. The number of hydrogen-bond acceptors (Lipinski definition) is 9. The number of benzene rings is 3. The molecule has 0 spiro atoms. The predicted molar refractivity (Wildman–Crippen MR) is 171 cm³/mol. The normalized spacial score (nSPS) is 14.6. The zero-order valence-electron chi connectivity index (χ0n) is 25.5. The van der Waals surface area contributed by atoms with Crippen LogP contribution < -0.4 is 15.3 Å². The Morgan fingerprint density at radius 3 is 2.43 bits per heavy atom. The maximum Gasteiger partial charge on any atom is 0.459 e. The van der Waals surface area contributed by atoms with Crippen LogP contribution in [0.4, 0.5) is 5.82 Å². The van der Waals surface area contributed by atoms with Gasteiger partial charge >= 0.3 is 13.7 Å². The van der Waals surface area contributed by atoms with Crippen molar-refractivity contribution in [2.24, 2.45) is 0 Å². The fourth-order valence-electron chi connectivity index (χ4n) is 5.04. The van der Waals surface area contributed by atoms with Crippen LogP contribution in [-0.4, -0.2) is 45.4 Å². The summed E-state index contributed by atoms with van der Waals surface area (Å²) < 4.78 is 39.9. The molecule has 3 atom stereocenters. The largest absolute Gasteiger partial charge is 0.462 e. The molecule has 232 valence electrons. The Bertz CT molecular complexity index is 1840. The van der Waals surface area contributed by atoms with Gasteiger partial charge in [0.15, 0.2) is 5.82 Å². The number of esters is 1. The summed E-state index contributed by atoms with van der Waals surface area (Å²) in [7, 11) is -4.18. The number of nitrogens with zero attached hydrogens (tertiary/aromatic N) is 3. The van der Waals surface area contributed by atoms with E-state index in [1.807, 2.05) is 72.2 Å².